The van der Waals surface area contributed by atoms with E-state index in [4.69, 9.17) is 4.42 Å². The van der Waals surface area contributed by atoms with E-state index >= 15 is 0 Å². The number of para-hydroxylation sites is 1. The Labute approximate surface area is 167 Å². The molecule has 6 nitrogen and oxygen atoms in total. The number of aromatic amines is 1. The van der Waals surface area contributed by atoms with Crippen LogP contribution in [-0.4, -0.2) is 31.3 Å². The number of furan rings is 1. The van der Waals surface area contributed by atoms with Crippen molar-refractivity contribution in [3.8, 4) is 0 Å². The van der Waals surface area contributed by atoms with Gasteiger partial charge in [0.15, 0.2) is 10.9 Å². The molecule has 0 fully saturated rings. The fraction of sp³-hybridized carbons (Fsp3) is 0.286. The number of Topliss-reactive ketones (excluding diaryl/α,β-unsaturated/α-hetero) is 1. The summed E-state index contributed by atoms with van der Waals surface area (Å²) in [6, 6.07) is 11.7. The number of benzene rings is 1. The summed E-state index contributed by atoms with van der Waals surface area (Å²) in [4.78, 5) is 16.3. The van der Waals surface area contributed by atoms with Gasteiger partial charge < -0.3 is 9.40 Å². The van der Waals surface area contributed by atoms with Crippen molar-refractivity contribution < 1.29 is 9.21 Å². The highest BCUT2D eigenvalue weighted by molar-refractivity contribution is 7.99. The second-order valence-corrected chi connectivity index (χ2v) is 7.99. The lowest BCUT2D eigenvalue weighted by atomic mass is 10.1. The predicted molar refractivity (Wildman–Crippen MR) is 110 cm³/mol. The SMILES string of the molecule is Cc1[nH]c2ccccc2c1C(=O)CSc1nnc(C(C)C)n1Cc1ccco1. The van der Waals surface area contributed by atoms with Gasteiger partial charge in [0.25, 0.3) is 0 Å². The van der Waals surface area contributed by atoms with Gasteiger partial charge in [-0.15, -0.1) is 10.2 Å². The summed E-state index contributed by atoms with van der Waals surface area (Å²) in [5.74, 6) is 2.33. The lowest BCUT2D eigenvalue weighted by Crippen LogP contribution is -2.09. The van der Waals surface area contributed by atoms with E-state index in [0.29, 0.717) is 12.3 Å². The molecule has 1 aromatic carbocycles. The largest absolute Gasteiger partial charge is 0.467 e. The van der Waals surface area contributed by atoms with Crippen LogP contribution >= 0.6 is 11.8 Å². The number of thioether (sulfide) groups is 1. The molecular weight excluding hydrogens is 372 g/mol. The first-order valence-corrected chi connectivity index (χ1v) is 10.2. The van der Waals surface area contributed by atoms with Gasteiger partial charge >= 0.3 is 0 Å². The monoisotopic (exact) mass is 394 g/mol. The Morgan fingerprint density at radius 1 is 1.21 bits per heavy atom. The molecule has 0 aliphatic carbocycles. The first-order valence-electron chi connectivity index (χ1n) is 9.23. The Hall–Kier alpha value is -2.80. The topological polar surface area (TPSA) is 76.7 Å². The zero-order chi connectivity index (χ0) is 19.7. The van der Waals surface area contributed by atoms with Crippen LogP contribution in [0.4, 0.5) is 0 Å². The van der Waals surface area contributed by atoms with Gasteiger partial charge in [0.1, 0.15) is 11.6 Å². The van der Waals surface area contributed by atoms with Gasteiger partial charge in [-0.25, -0.2) is 0 Å². The standard InChI is InChI=1S/C21H22N4O2S/c1-13(2)20-23-24-21(25(20)11-15-7-6-10-27-15)28-12-18(26)19-14(3)22-17-9-5-4-8-16(17)19/h4-10,13,22H,11-12H2,1-3H3. The molecule has 7 heteroatoms. The smallest absolute Gasteiger partial charge is 0.192 e. The van der Waals surface area contributed by atoms with E-state index in [0.717, 1.165) is 38.9 Å². The molecule has 28 heavy (non-hydrogen) atoms. The third-order valence-corrected chi connectivity index (χ3v) is 5.63. The summed E-state index contributed by atoms with van der Waals surface area (Å²) < 4.78 is 7.52. The van der Waals surface area contributed by atoms with E-state index in [2.05, 4.69) is 29.0 Å². The lowest BCUT2D eigenvalue weighted by molar-refractivity contribution is 0.102. The van der Waals surface area contributed by atoms with Crippen molar-refractivity contribution in [2.24, 2.45) is 0 Å². The average Bonchev–Trinajstić information content (AvgIpc) is 3.38. The molecule has 0 saturated heterocycles. The van der Waals surface area contributed by atoms with Crippen molar-refractivity contribution in [3.63, 3.8) is 0 Å². The fourth-order valence-corrected chi connectivity index (χ4v) is 4.20. The van der Waals surface area contributed by atoms with Crippen LogP contribution in [0, 0.1) is 6.92 Å². The number of carbonyl (C=O) groups excluding carboxylic acids is 1. The first-order chi connectivity index (χ1) is 13.5. The Kier molecular flexibility index (Phi) is 5.09. The van der Waals surface area contributed by atoms with Crippen LogP contribution in [0.25, 0.3) is 10.9 Å². The molecule has 0 aliphatic rings. The highest BCUT2D eigenvalue weighted by Crippen LogP contribution is 2.27. The summed E-state index contributed by atoms with van der Waals surface area (Å²) in [6.45, 7) is 6.65. The lowest BCUT2D eigenvalue weighted by Gasteiger charge is -2.10. The number of nitrogens with zero attached hydrogens (tertiary/aromatic N) is 3. The molecule has 0 radical (unpaired) electrons. The highest BCUT2D eigenvalue weighted by Gasteiger charge is 2.20. The number of aromatic nitrogens is 4. The van der Waals surface area contributed by atoms with E-state index in [1.165, 1.54) is 11.8 Å². The Morgan fingerprint density at radius 3 is 2.79 bits per heavy atom. The first kappa shape index (κ1) is 18.6. The van der Waals surface area contributed by atoms with E-state index in [-0.39, 0.29) is 11.7 Å². The molecule has 0 spiro atoms. The Morgan fingerprint density at radius 2 is 2.04 bits per heavy atom. The maximum absolute atomic E-state index is 13.0. The summed E-state index contributed by atoms with van der Waals surface area (Å²) in [6.07, 6.45) is 1.66. The molecule has 0 saturated carbocycles. The van der Waals surface area contributed by atoms with Crippen LogP contribution in [-0.2, 0) is 6.54 Å². The zero-order valence-corrected chi connectivity index (χ0v) is 16.9. The average molecular weight is 395 g/mol. The number of hydrogen-bond acceptors (Lipinski definition) is 5. The molecule has 4 rings (SSSR count). The molecule has 0 aliphatic heterocycles. The summed E-state index contributed by atoms with van der Waals surface area (Å²) in [5.41, 5.74) is 2.63. The van der Waals surface area contributed by atoms with Gasteiger partial charge in [-0.3, -0.25) is 9.36 Å². The fourth-order valence-electron chi connectivity index (χ4n) is 3.38. The Bertz CT molecular complexity index is 1110. The normalized spacial score (nSPS) is 11.6. The maximum atomic E-state index is 13.0. The second-order valence-electron chi connectivity index (χ2n) is 7.04. The van der Waals surface area contributed by atoms with Gasteiger partial charge in [-0.2, -0.15) is 0 Å². The maximum Gasteiger partial charge on any atom is 0.192 e. The molecule has 0 unspecified atom stereocenters. The summed E-state index contributed by atoms with van der Waals surface area (Å²) in [5, 5.41) is 10.4. The van der Waals surface area contributed by atoms with Gasteiger partial charge in [0.05, 0.1) is 18.6 Å². The number of fused-ring (bicyclic) bond motifs is 1. The molecule has 0 bridgehead atoms. The van der Waals surface area contributed by atoms with Crippen molar-refractivity contribution in [3.05, 3.63) is 65.5 Å². The zero-order valence-electron chi connectivity index (χ0n) is 16.1. The number of nitrogens with one attached hydrogen (secondary N) is 1. The summed E-state index contributed by atoms with van der Waals surface area (Å²) >= 11 is 1.41. The second kappa shape index (κ2) is 7.67. The summed E-state index contributed by atoms with van der Waals surface area (Å²) in [7, 11) is 0. The molecule has 0 atom stereocenters. The number of H-pyrrole nitrogens is 1. The minimum atomic E-state index is 0.0820. The van der Waals surface area contributed by atoms with Crippen molar-refractivity contribution in [2.45, 2.75) is 38.4 Å². The van der Waals surface area contributed by atoms with E-state index in [1.807, 2.05) is 47.9 Å². The molecule has 1 N–H and O–H groups in total. The number of ketones is 1. The van der Waals surface area contributed by atoms with Crippen LogP contribution < -0.4 is 0 Å². The van der Waals surface area contributed by atoms with Crippen LogP contribution in [0.1, 0.15) is 47.4 Å². The molecule has 0 amide bonds. The molecular formula is C21H22N4O2S. The third kappa shape index (κ3) is 3.49. The number of carbonyl (C=O) groups is 1. The minimum absolute atomic E-state index is 0.0820. The van der Waals surface area contributed by atoms with Crippen molar-refractivity contribution in [2.75, 3.05) is 5.75 Å². The quantitative estimate of drug-likeness (QED) is 0.360. The van der Waals surface area contributed by atoms with Gasteiger partial charge in [0, 0.05) is 28.1 Å². The van der Waals surface area contributed by atoms with E-state index in [1.54, 1.807) is 6.26 Å². The minimum Gasteiger partial charge on any atom is -0.467 e. The predicted octanol–water partition coefficient (Wildman–Crippen LogP) is 4.81. The van der Waals surface area contributed by atoms with Crippen molar-refractivity contribution >= 4 is 28.4 Å². The van der Waals surface area contributed by atoms with Gasteiger partial charge in [-0.05, 0) is 25.1 Å². The van der Waals surface area contributed by atoms with Crippen molar-refractivity contribution in [1.82, 2.24) is 19.7 Å². The highest BCUT2D eigenvalue weighted by atomic mass is 32.2. The van der Waals surface area contributed by atoms with Gasteiger partial charge in [0.2, 0.25) is 0 Å². The van der Waals surface area contributed by atoms with Crippen molar-refractivity contribution in [1.29, 1.82) is 0 Å². The number of aryl methyl sites for hydroxylation is 1. The van der Waals surface area contributed by atoms with E-state index < -0.39 is 0 Å². The Balaban J connectivity index is 1.57. The molecule has 3 heterocycles. The van der Waals surface area contributed by atoms with Crippen LogP contribution in [0.15, 0.2) is 52.2 Å². The van der Waals surface area contributed by atoms with Crippen LogP contribution in [0.2, 0.25) is 0 Å². The molecule has 144 valence electrons. The number of rotatable bonds is 7. The molecule has 3 aromatic heterocycles. The van der Waals surface area contributed by atoms with Crippen LogP contribution in [0.5, 0.6) is 0 Å². The molecule has 4 aromatic rings. The third-order valence-electron chi connectivity index (χ3n) is 4.66. The van der Waals surface area contributed by atoms with E-state index in [9.17, 15) is 4.79 Å². The van der Waals surface area contributed by atoms with Crippen LogP contribution in [0.3, 0.4) is 0 Å². The number of hydrogen-bond donors (Lipinski definition) is 1. The van der Waals surface area contributed by atoms with Gasteiger partial charge in [-0.1, -0.05) is 43.8 Å².